The molecule has 0 fully saturated rings. The molecule has 0 aliphatic carbocycles. The summed E-state index contributed by atoms with van der Waals surface area (Å²) in [6.45, 7) is 3.22. The lowest BCUT2D eigenvalue weighted by Gasteiger charge is -2.04. The fourth-order valence-corrected chi connectivity index (χ4v) is 3.63. The fourth-order valence-electron chi connectivity index (χ4n) is 2.06. The third-order valence-electron chi connectivity index (χ3n) is 3.14. The third-order valence-corrected chi connectivity index (χ3v) is 5.23. The van der Waals surface area contributed by atoms with Crippen LogP contribution in [-0.2, 0) is 4.79 Å². The highest BCUT2D eigenvalue weighted by Crippen LogP contribution is 2.24. The lowest BCUT2D eigenvalue weighted by Crippen LogP contribution is -2.14. The maximum Gasteiger partial charge on any atom is 0.236 e. The summed E-state index contributed by atoms with van der Waals surface area (Å²) in [7, 11) is 0. The molecule has 3 aromatic rings. The van der Waals surface area contributed by atoms with Crippen molar-refractivity contribution in [3.05, 3.63) is 40.9 Å². The van der Waals surface area contributed by atoms with Gasteiger partial charge in [0, 0.05) is 6.92 Å². The molecule has 1 amide bonds. The number of hydrogen-bond acceptors (Lipinski definition) is 8. The van der Waals surface area contributed by atoms with Crippen molar-refractivity contribution < 1.29 is 9.59 Å². The van der Waals surface area contributed by atoms with Crippen molar-refractivity contribution in [2.75, 3.05) is 11.1 Å². The Morgan fingerprint density at radius 2 is 2.04 bits per heavy atom. The Morgan fingerprint density at radius 1 is 1.28 bits per heavy atom. The summed E-state index contributed by atoms with van der Waals surface area (Å²) in [5.74, 6) is -0.176. The number of thioether (sulfide) groups is 1. The van der Waals surface area contributed by atoms with Gasteiger partial charge in [-0.25, -0.2) is 4.98 Å². The fraction of sp³-hybridized carbons (Fsp3) is 0.200. The molecule has 25 heavy (non-hydrogen) atoms. The van der Waals surface area contributed by atoms with Gasteiger partial charge in [0.15, 0.2) is 10.9 Å². The van der Waals surface area contributed by atoms with Crippen LogP contribution in [0.3, 0.4) is 0 Å². The van der Waals surface area contributed by atoms with E-state index in [0.29, 0.717) is 20.9 Å². The number of aromatic nitrogens is 5. The van der Waals surface area contributed by atoms with E-state index < -0.39 is 0 Å². The molecule has 1 aromatic carbocycles. The first-order valence-corrected chi connectivity index (χ1v) is 9.09. The van der Waals surface area contributed by atoms with Crippen molar-refractivity contribution in [3.63, 3.8) is 0 Å². The van der Waals surface area contributed by atoms with Crippen molar-refractivity contribution in [2.45, 2.75) is 19.0 Å². The van der Waals surface area contributed by atoms with Gasteiger partial charge in [0.1, 0.15) is 0 Å². The van der Waals surface area contributed by atoms with Gasteiger partial charge in [0.25, 0.3) is 0 Å². The molecule has 0 saturated carbocycles. The van der Waals surface area contributed by atoms with Gasteiger partial charge in [-0.3, -0.25) is 9.59 Å². The minimum atomic E-state index is -0.239. The van der Waals surface area contributed by atoms with Gasteiger partial charge in [-0.2, -0.15) is 4.68 Å². The topological polar surface area (TPSA) is 103 Å². The zero-order valence-corrected chi connectivity index (χ0v) is 15.1. The third kappa shape index (κ3) is 4.09. The molecule has 0 bridgehead atoms. The van der Waals surface area contributed by atoms with Gasteiger partial charge in [0.05, 0.1) is 22.0 Å². The van der Waals surface area contributed by atoms with E-state index in [2.05, 4.69) is 25.8 Å². The maximum absolute atomic E-state index is 12.1. The average Bonchev–Trinajstić information content (AvgIpc) is 3.20. The number of carbonyl (C=O) groups is 2. The number of thiazole rings is 1. The van der Waals surface area contributed by atoms with Gasteiger partial charge >= 0.3 is 0 Å². The van der Waals surface area contributed by atoms with Crippen molar-refractivity contribution >= 4 is 39.9 Å². The number of benzene rings is 1. The predicted octanol–water partition coefficient (Wildman–Crippen LogP) is 2.36. The zero-order chi connectivity index (χ0) is 17.8. The van der Waals surface area contributed by atoms with Crippen LogP contribution in [0, 0.1) is 6.92 Å². The minimum Gasteiger partial charge on any atom is -0.301 e. The Hall–Kier alpha value is -2.59. The molecule has 0 spiro atoms. The molecular formula is C15H14N6O2S2. The number of hydrogen-bond donors (Lipinski definition) is 1. The van der Waals surface area contributed by atoms with Gasteiger partial charge in [-0.1, -0.05) is 41.3 Å². The molecule has 1 N–H and O–H groups in total. The number of Topliss-reactive ketones (excluding diaryl/α,β-unsaturated/α-hetero) is 1. The number of rotatable bonds is 6. The quantitative estimate of drug-likeness (QED) is 0.522. The van der Waals surface area contributed by atoms with Crippen LogP contribution >= 0.6 is 23.1 Å². The van der Waals surface area contributed by atoms with Crippen molar-refractivity contribution in [1.29, 1.82) is 0 Å². The van der Waals surface area contributed by atoms with Crippen molar-refractivity contribution in [2.24, 2.45) is 0 Å². The van der Waals surface area contributed by atoms with Crippen LogP contribution in [0.1, 0.15) is 22.3 Å². The average molecular weight is 374 g/mol. The molecule has 0 atom stereocenters. The van der Waals surface area contributed by atoms with E-state index in [1.54, 1.807) is 11.6 Å². The second-order valence-corrected chi connectivity index (χ2v) is 6.98. The first kappa shape index (κ1) is 17.2. The second-order valence-electron chi connectivity index (χ2n) is 5.04. The smallest absolute Gasteiger partial charge is 0.236 e. The largest absolute Gasteiger partial charge is 0.301 e. The van der Waals surface area contributed by atoms with Crippen LogP contribution in [0.25, 0.3) is 5.69 Å². The molecule has 128 valence electrons. The summed E-state index contributed by atoms with van der Waals surface area (Å²) < 4.78 is 1.57. The van der Waals surface area contributed by atoms with E-state index in [-0.39, 0.29) is 17.4 Å². The Kier molecular flexibility index (Phi) is 5.19. The van der Waals surface area contributed by atoms with Crippen LogP contribution in [0.2, 0.25) is 0 Å². The number of para-hydroxylation sites is 1. The van der Waals surface area contributed by atoms with Crippen LogP contribution in [0.5, 0.6) is 0 Å². The predicted molar refractivity (Wildman–Crippen MR) is 95.4 cm³/mol. The van der Waals surface area contributed by atoms with Gasteiger partial charge < -0.3 is 5.32 Å². The summed E-state index contributed by atoms with van der Waals surface area (Å²) in [5, 5.41) is 15.2. The highest BCUT2D eigenvalue weighted by atomic mass is 32.2. The minimum absolute atomic E-state index is 0.0630. The Labute approximate surface area is 151 Å². The zero-order valence-electron chi connectivity index (χ0n) is 13.5. The van der Waals surface area contributed by atoms with Crippen molar-refractivity contribution in [3.8, 4) is 5.69 Å². The molecule has 8 nitrogen and oxygen atoms in total. The molecular weight excluding hydrogens is 360 g/mol. The van der Waals surface area contributed by atoms with Crippen LogP contribution in [0.15, 0.2) is 35.5 Å². The molecule has 2 aromatic heterocycles. The lowest BCUT2D eigenvalue weighted by molar-refractivity contribution is -0.113. The molecule has 0 unspecified atom stereocenters. The summed E-state index contributed by atoms with van der Waals surface area (Å²) in [5.41, 5.74) is 1.44. The number of carbonyl (C=O) groups excluding carboxylic acids is 2. The van der Waals surface area contributed by atoms with E-state index in [1.807, 2.05) is 30.3 Å². The highest BCUT2D eigenvalue weighted by Gasteiger charge is 2.15. The molecule has 0 saturated heterocycles. The highest BCUT2D eigenvalue weighted by molar-refractivity contribution is 7.99. The molecule has 0 aliphatic heterocycles. The molecule has 10 heteroatoms. The van der Waals surface area contributed by atoms with Crippen molar-refractivity contribution in [1.82, 2.24) is 25.2 Å². The van der Waals surface area contributed by atoms with Crippen LogP contribution < -0.4 is 5.32 Å². The summed E-state index contributed by atoms with van der Waals surface area (Å²) in [6.07, 6.45) is 0. The number of nitrogens with one attached hydrogen (secondary N) is 1. The maximum atomic E-state index is 12.1. The van der Waals surface area contributed by atoms with Gasteiger partial charge in [0.2, 0.25) is 11.1 Å². The first-order chi connectivity index (χ1) is 12.0. The first-order valence-electron chi connectivity index (χ1n) is 7.29. The lowest BCUT2D eigenvalue weighted by atomic mass is 10.3. The second kappa shape index (κ2) is 7.53. The number of tetrazole rings is 1. The van der Waals surface area contributed by atoms with E-state index in [4.69, 9.17) is 0 Å². The number of anilines is 1. The number of aryl methyl sites for hydroxylation is 1. The summed E-state index contributed by atoms with van der Waals surface area (Å²) >= 11 is 2.39. The monoisotopic (exact) mass is 374 g/mol. The SMILES string of the molecule is CC(=O)c1sc(NC(=O)CSc2nnnn2-c2ccccc2)nc1C. The van der Waals surface area contributed by atoms with E-state index in [9.17, 15) is 9.59 Å². The van der Waals surface area contributed by atoms with E-state index in [0.717, 1.165) is 5.69 Å². The molecule has 0 radical (unpaired) electrons. The number of nitrogens with zero attached hydrogens (tertiary/aromatic N) is 5. The summed E-state index contributed by atoms with van der Waals surface area (Å²) in [4.78, 5) is 28.3. The molecule has 0 aliphatic rings. The normalized spacial score (nSPS) is 10.6. The number of amides is 1. The van der Waals surface area contributed by atoms with E-state index in [1.165, 1.54) is 30.0 Å². The van der Waals surface area contributed by atoms with Crippen LogP contribution in [0.4, 0.5) is 5.13 Å². The molecule has 3 rings (SSSR count). The van der Waals surface area contributed by atoms with Gasteiger partial charge in [-0.05, 0) is 29.5 Å². The Morgan fingerprint density at radius 3 is 2.72 bits per heavy atom. The van der Waals surface area contributed by atoms with Gasteiger partial charge in [-0.15, -0.1) is 5.10 Å². The van der Waals surface area contributed by atoms with E-state index >= 15 is 0 Å². The standard InChI is InChI=1S/C15H14N6O2S2/c1-9-13(10(2)22)25-14(16-9)17-12(23)8-24-15-18-19-20-21(15)11-6-4-3-5-7-11/h3-7H,8H2,1-2H3,(H,16,17,23). The molecule has 2 heterocycles. The Balaban J connectivity index is 1.63. The summed E-state index contributed by atoms with van der Waals surface area (Å²) in [6, 6.07) is 9.43. The van der Waals surface area contributed by atoms with Crippen LogP contribution in [-0.4, -0.2) is 42.6 Å². The Bertz CT molecular complexity index is 906. The number of ketones is 1.